The third-order valence-electron chi connectivity index (χ3n) is 3.97. The number of rotatable bonds is 2. The molecule has 0 radical (unpaired) electrons. The third kappa shape index (κ3) is 2.13. The van der Waals surface area contributed by atoms with Gasteiger partial charge in [0.2, 0.25) is 0 Å². The molecule has 1 N–H and O–H groups in total. The van der Waals surface area contributed by atoms with Crippen LogP contribution in [0.3, 0.4) is 0 Å². The van der Waals surface area contributed by atoms with Crippen molar-refractivity contribution in [1.82, 2.24) is 0 Å². The van der Waals surface area contributed by atoms with E-state index in [1.54, 1.807) is 0 Å². The van der Waals surface area contributed by atoms with E-state index >= 15 is 0 Å². The Hall–Kier alpha value is -1.80. The minimum atomic E-state index is -0.564. The van der Waals surface area contributed by atoms with Gasteiger partial charge in [0.1, 0.15) is 11.9 Å². The van der Waals surface area contributed by atoms with Crippen molar-refractivity contribution in [3.05, 3.63) is 64.2 Å². The molecule has 0 fully saturated rings. The molecule has 1 aliphatic heterocycles. The SMILES string of the molecule is Cc1cccc(C(O)c2ccc3c(c2)CCO3)c1C. The van der Waals surface area contributed by atoms with Crippen molar-refractivity contribution in [2.75, 3.05) is 6.61 Å². The highest BCUT2D eigenvalue weighted by Crippen LogP contribution is 2.32. The molecular formula is C17H18O2. The number of hydrogen-bond donors (Lipinski definition) is 1. The number of benzene rings is 2. The summed E-state index contributed by atoms with van der Waals surface area (Å²) in [5.74, 6) is 0.955. The van der Waals surface area contributed by atoms with Gasteiger partial charge in [0.05, 0.1) is 6.61 Å². The van der Waals surface area contributed by atoms with Crippen LogP contribution >= 0.6 is 0 Å². The van der Waals surface area contributed by atoms with Crippen LogP contribution in [0.2, 0.25) is 0 Å². The van der Waals surface area contributed by atoms with E-state index < -0.39 is 6.10 Å². The molecule has 1 unspecified atom stereocenters. The van der Waals surface area contributed by atoms with Crippen LogP contribution in [0.4, 0.5) is 0 Å². The first kappa shape index (κ1) is 12.2. The summed E-state index contributed by atoms with van der Waals surface area (Å²) < 4.78 is 5.50. The first-order chi connectivity index (χ1) is 9.16. The Kier molecular flexibility index (Phi) is 3.03. The second-order valence-corrected chi connectivity index (χ2v) is 5.16. The highest BCUT2D eigenvalue weighted by molar-refractivity contribution is 5.44. The highest BCUT2D eigenvalue weighted by Gasteiger charge is 2.18. The van der Waals surface area contributed by atoms with Gasteiger partial charge in [-0.1, -0.05) is 24.3 Å². The Morgan fingerprint density at radius 1 is 1.16 bits per heavy atom. The third-order valence-corrected chi connectivity index (χ3v) is 3.97. The molecule has 1 aliphatic rings. The van der Waals surface area contributed by atoms with Crippen molar-refractivity contribution in [3.63, 3.8) is 0 Å². The average molecular weight is 254 g/mol. The zero-order chi connectivity index (χ0) is 13.4. The van der Waals surface area contributed by atoms with Crippen LogP contribution in [0.25, 0.3) is 0 Å². The lowest BCUT2D eigenvalue weighted by Gasteiger charge is -2.16. The van der Waals surface area contributed by atoms with Gasteiger partial charge in [-0.2, -0.15) is 0 Å². The molecule has 3 rings (SSSR count). The largest absolute Gasteiger partial charge is 0.493 e. The number of aliphatic hydroxyl groups excluding tert-OH is 1. The maximum Gasteiger partial charge on any atom is 0.122 e. The number of ether oxygens (including phenoxy) is 1. The van der Waals surface area contributed by atoms with Gasteiger partial charge < -0.3 is 9.84 Å². The van der Waals surface area contributed by atoms with E-state index in [4.69, 9.17) is 4.74 Å². The summed E-state index contributed by atoms with van der Waals surface area (Å²) in [4.78, 5) is 0. The molecule has 0 saturated carbocycles. The molecule has 0 saturated heterocycles. The monoisotopic (exact) mass is 254 g/mol. The summed E-state index contributed by atoms with van der Waals surface area (Å²) in [6.45, 7) is 4.88. The highest BCUT2D eigenvalue weighted by atomic mass is 16.5. The Bertz CT molecular complexity index is 617. The number of fused-ring (bicyclic) bond motifs is 1. The lowest BCUT2D eigenvalue weighted by Crippen LogP contribution is -2.03. The van der Waals surface area contributed by atoms with Gasteiger partial charge in [0, 0.05) is 6.42 Å². The molecule has 1 heterocycles. The summed E-state index contributed by atoms with van der Waals surface area (Å²) >= 11 is 0. The van der Waals surface area contributed by atoms with Crippen molar-refractivity contribution >= 4 is 0 Å². The van der Waals surface area contributed by atoms with Crippen LogP contribution in [0.5, 0.6) is 5.75 Å². The molecule has 2 heteroatoms. The standard InChI is InChI=1S/C17H18O2/c1-11-4-3-5-15(12(11)2)17(18)14-6-7-16-13(10-14)8-9-19-16/h3-7,10,17-18H,8-9H2,1-2H3. The Labute approximate surface area is 113 Å². The average Bonchev–Trinajstić information content (AvgIpc) is 2.88. The molecule has 2 aromatic carbocycles. The van der Waals surface area contributed by atoms with Gasteiger partial charge >= 0.3 is 0 Å². The van der Waals surface area contributed by atoms with Crippen molar-refractivity contribution < 1.29 is 9.84 Å². The van der Waals surface area contributed by atoms with Gasteiger partial charge in [-0.25, -0.2) is 0 Å². The van der Waals surface area contributed by atoms with Crippen LogP contribution in [-0.4, -0.2) is 11.7 Å². The van der Waals surface area contributed by atoms with Crippen LogP contribution in [0, 0.1) is 13.8 Å². The molecular weight excluding hydrogens is 236 g/mol. The zero-order valence-electron chi connectivity index (χ0n) is 11.3. The predicted molar refractivity (Wildman–Crippen MR) is 75.6 cm³/mol. The van der Waals surface area contributed by atoms with Gasteiger partial charge in [-0.15, -0.1) is 0 Å². The molecule has 2 nitrogen and oxygen atoms in total. The normalized spacial score (nSPS) is 14.9. The van der Waals surface area contributed by atoms with Crippen LogP contribution in [0.15, 0.2) is 36.4 Å². The van der Waals surface area contributed by atoms with E-state index in [0.29, 0.717) is 0 Å². The topological polar surface area (TPSA) is 29.5 Å². The van der Waals surface area contributed by atoms with E-state index in [9.17, 15) is 5.11 Å². The quantitative estimate of drug-likeness (QED) is 0.890. The number of hydrogen-bond acceptors (Lipinski definition) is 2. The van der Waals surface area contributed by atoms with Crippen molar-refractivity contribution in [2.24, 2.45) is 0 Å². The Morgan fingerprint density at radius 3 is 2.84 bits per heavy atom. The van der Waals surface area contributed by atoms with Gasteiger partial charge in [-0.3, -0.25) is 0 Å². The van der Waals surface area contributed by atoms with Gasteiger partial charge in [0.25, 0.3) is 0 Å². The lowest BCUT2D eigenvalue weighted by molar-refractivity contribution is 0.219. The van der Waals surface area contributed by atoms with E-state index in [-0.39, 0.29) is 0 Å². The summed E-state index contributed by atoms with van der Waals surface area (Å²) in [5.41, 5.74) is 5.49. The maximum absolute atomic E-state index is 10.6. The van der Waals surface area contributed by atoms with E-state index in [2.05, 4.69) is 26.0 Å². The first-order valence-electron chi connectivity index (χ1n) is 6.66. The van der Waals surface area contributed by atoms with Crippen molar-refractivity contribution in [1.29, 1.82) is 0 Å². The molecule has 0 aliphatic carbocycles. The van der Waals surface area contributed by atoms with Gasteiger partial charge in [-0.05, 0) is 53.8 Å². The van der Waals surface area contributed by atoms with Crippen LogP contribution in [-0.2, 0) is 6.42 Å². The minimum absolute atomic E-state index is 0.564. The fraction of sp³-hybridized carbons (Fsp3) is 0.294. The molecule has 2 aromatic rings. The molecule has 0 spiro atoms. The zero-order valence-corrected chi connectivity index (χ0v) is 11.3. The van der Waals surface area contributed by atoms with Crippen molar-refractivity contribution in [2.45, 2.75) is 26.4 Å². The first-order valence-corrected chi connectivity index (χ1v) is 6.66. The fourth-order valence-electron chi connectivity index (χ4n) is 2.63. The molecule has 0 bridgehead atoms. The fourth-order valence-corrected chi connectivity index (χ4v) is 2.63. The summed E-state index contributed by atoms with van der Waals surface area (Å²) in [6, 6.07) is 12.0. The molecule has 0 amide bonds. The van der Waals surface area contributed by atoms with Crippen molar-refractivity contribution in [3.8, 4) is 5.75 Å². The van der Waals surface area contributed by atoms with Crippen LogP contribution < -0.4 is 4.74 Å². The summed E-state index contributed by atoms with van der Waals surface area (Å²) in [6.07, 6.45) is 0.369. The molecule has 98 valence electrons. The van der Waals surface area contributed by atoms with E-state index in [1.807, 2.05) is 24.3 Å². The second-order valence-electron chi connectivity index (χ2n) is 5.16. The second kappa shape index (κ2) is 4.71. The molecule has 19 heavy (non-hydrogen) atoms. The number of aliphatic hydroxyl groups is 1. The lowest BCUT2D eigenvalue weighted by atomic mass is 9.94. The number of aryl methyl sites for hydroxylation is 1. The summed E-state index contributed by atoms with van der Waals surface area (Å²) in [7, 11) is 0. The maximum atomic E-state index is 10.6. The van der Waals surface area contributed by atoms with E-state index in [0.717, 1.165) is 35.5 Å². The Balaban J connectivity index is 2.00. The predicted octanol–water partition coefficient (Wildman–Crippen LogP) is 3.32. The summed E-state index contributed by atoms with van der Waals surface area (Å²) in [5, 5.41) is 10.6. The molecule has 1 atom stereocenters. The van der Waals surface area contributed by atoms with Gasteiger partial charge in [0.15, 0.2) is 0 Å². The smallest absolute Gasteiger partial charge is 0.122 e. The minimum Gasteiger partial charge on any atom is -0.493 e. The van der Waals surface area contributed by atoms with Crippen LogP contribution in [0.1, 0.15) is 33.9 Å². The van der Waals surface area contributed by atoms with E-state index in [1.165, 1.54) is 11.1 Å². The molecule has 0 aromatic heterocycles. The Morgan fingerprint density at radius 2 is 2.00 bits per heavy atom.